The molecular formula is C110H65N3O3S3. The fourth-order valence-electron chi connectivity index (χ4n) is 18.9. The number of para-hydroxylation sites is 9. The predicted molar refractivity (Wildman–Crippen MR) is 507 cm³/mol. The minimum absolute atomic E-state index is 0.914. The number of aromatic nitrogens is 3. The van der Waals surface area contributed by atoms with Crippen molar-refractivity contribution in [3.63, 3.8) is 0 Å². The van der Waals surface area contributed by atoms with Gasteiger partial charge in [-0.1, -0.05) is 297 Å². The summed E-state index contributed by atoms with van der Waals surface area (Å²) in [6.45, 7) is 0. The second kappa shape index (κ2) is 26.9. The molecule has 0 bridgehead atoms. The molecule has 0 radical (unpaired) electrons. The van der Waals surface area contributed by atoms with Crippen molar-refractivity contribution in [2.45, 2.75) is 0 Å². The molecule has 27 rings (SSSR count). The number of hydrogen-bond acceptors (Lipinski definition) is 6. The van der Waals surface area contributed by atoms with E-state index in [-0.39, 0.29) is 0 Å². The van der Waals surface area contributed by atoms with Crippen LogP contribution in [0.2, 0.25) is 0 Å². The molecule has 0 spiro atoms. The number of thiophene rings is 3. The van der Waals surface area contributed by atoms with E-state index in [1.165, 1.54) is 149 Å². The normalized spacial score (nSPS) is 12.0. The zero-order valence-electron chi connectivity index (χ0n) is 63.8. The van der Waals surface area contributed by atoms with Crippen molar-refractivity contribution in [1.82, 2.24) is 13.7 Å². The number of benzene rings is 18. The maximum atomic E-state index is 6.76. The van der Waals surface area contributed by atoms with Crippen molar-refractivity contribution >= 4 is 215 Å². The molecule has 9 heterocycles. The summed E-state index contributed by atoms with van der Waals surface area (Å²) in [5.41, 5.74) is 26.1. The van der Waals surface area contributed by atoms with Gasteiger partial charge in [0.2, 0.25) is 0 Å². The van der Waals surface area contributed by atoms with E-state index >= 15 is 0 Å². The first-order valence-corrected chi connectivity index (χ1v) is 42.7. The third kappa shape index (κ3) is 10.4. The molecule has 0 unspecified atom stereocenters. The Morgan fingerprint density at radius 1 is 0.193 bits per heavy atom. The average Bonchev–Trinajstić information content (AvgIpc) is 1.56. The van der Waals surface area contributed by atoms with Crippen molar-refractivity contribution in [2.75, 3.05) is 0 Å². The van der Waals surface area contributed by atoms with Crippen LogP contribution < -0.4 is 0 Å². The zero-order chi connectivity index (χ0) is 77.9. The molecule has 27 aromatic rings. The Kier molecular flexibility index (Phi) is 15.2. The summed E-state index contributed by atoms with van der Waals surface area (Å²) < 4.78 is 35.1. The smallest absolute Gasteiger partial charge is 0.143 e. The van der Waals surface area contributed by atoms with E-state index in [0.29, 0.717) is 0 Å². The molecule has 0 saturated carbocycles. The Hall–Kier alpha value is -14.8. The molecule has 0 aliphatic rings. The Labute approximate surface area is 692 Å². The van der Waals surface area contributed by atoms with Crippen molar-refractivity contribution in [3.05, 3.63) is 394 Å². The minimum Gasteiger partial charge on any atom is -0.455 e. The molecule has 0 saturated heterocycles. The first-order valence-electron chi connectivity index (χ1n) is 40.3. The summed E-state index contributed by atoms with van der Waals surface area (Å²) in [5, 5.41) is 19.3. The van der Waals surface area contributed by atoms with E-state index < -0.39 is 0 Å². The molecule has 0 fully saturated rings. The Morgan fingerprint density at radius 2 is 0.588 bits per heavy atom. The van der Waals surface area contributed by atoms with E-state index in [0.717, 1.165) is 93.3 Å². The summed E-state index contributed by atoms with van der Waals surface area (Å²) in [5.74, 6) is 0. The lowest BCUT2D eigenvalue weighted by atomic mass is 9.98. The van der Waals surface area contributed by atoms with Gasteiger partial charge in [0.1, 0.15) is 33.5 Å². The first-order chi connectivity index (χ1) is 59.1. The number of fused-ring (bicyclic) bond motifs is 28. The number of hydrogen-bond donors (Lipinski definition) is 0. The van der Waals surface area contributed by atoms with Gasteiger partial charge in [0.25, 0.3) is 0 Å². The third-order valence-electron chi connectivity index (χ3n) is 24.2. The van der Waals surface area contributed by atoms with Gasteiger partial charge in [0.05, 0.1) is 47.2 Å². The molecule has 6 nitrogen and oxygen atoms in total. The van der Waals surface area contributed by atoms with Crippen LogP contribution in [0.4, 0.5) is 0 Å². The van der Waals surface area contributed by atoms with Crippen LogP contribution in [0.1, 0.15) is 0 Å². The fourth-order valence-corrected chi connectivity index (χ4v) is 22.7. The SMILES string of the molecule is c1ccc(-c2ccc3oc4c(-c5cccc6c5sc5c7ccccc7n(-c7ccccc7)c65)cccc4c3c2)cc1.c1ccc(-n2c3ccccc3c3sc4ccc(-c5cccc6c5oc5c7ccccc7ccc65)cc4c32)cc1.c1ccc(-n2c3ccccc3c3sc4cccc(-c5cccc6c5oc5c7ccccc7ccc65)c4c32)cc1. The number of rotatable bonds is 7. The lowest BCUT2D eigenvalue weighted by Crippen LogP contribution is -1.93. The molecule has 0 aliphatic heterocycles. The maximum absolute atomic E-state index is 6.76. The van der Waals surface area contributed by atoms with Gasteiger partial charge >= 0.3 is 0 Å². The highest BCUT2D eigenvalue weighted by Gasteiger charge is 2.27. The van der Waals surface area contributed by atoms with Crippen molar-refractivity contribution in [3.8, 4) is 61.6 Å². The average molecular weight is 1570 g/mol. The molecule has 0 amide bonds. The number of furan rings is 3. The second-order valence-electron chi connectivity index (χ2n) is 30.7. The van der Waals surface area contributed by atoms with Crippen LogP contribution in [0.3, 0.4) is 0 Å². The quantitative estimate of drug-likeness (QED) is 0.160. The summed E-state index contributed by atoms with van der Waals surface area (Å²) in [7, 11) is 0. The predicted octanol–water partition coefficient (Wildman–Crippen LogP) is 32.7. The van der Waals surface area contributed by atoms with Crippen molar-refractivity contribution in [2.24, 2.45) is 0 Å². The number of nitrogens with zero attached hydrogens (tertiary/aromatic N) is 3. The topological polar surface area (TPSA) is 54.2 Å². The lowest BCUT2D eigenvalue weighted by Gasteiger charge is -2.10. The fraction of sp³-hybridized carbons (Fsp3) is 0. The highest BCUT2D eigenvalue weighted by atomic mass is 32.1. The minimum atomic E-state index is 0.914. The standard InChI is InChI=1S/C38H23NOS.2C36H21NOS/c1-3-11-24(12-4-1)25-21-22-34-32(23-25)28-17-9-16-27(36(28)40-34)29-18-10-19-31-35-38(41-37(29)31)30-15-7-8-20-33(30)39(35)26-13-5-2-6-14-26;1-2-11-23(12-3-1)37-30-18-7-6-14-29(30)36-33(37)32-25(15-9-19-31(32)39-36)26-16-8-17-27-28-21-20-22-10-4-5-13-24(22)34(28)38-35(26)27;1-2-10-24(11-3-1)37-31-16-7-6-13-29(31)36-33(37)30-21-23(18-20-32(30)39-36)26-14-8-15-27-28-19-17-22-9-4-5-12-25(22)34(28)38-35(26)27/h1-23H;2*1-21H. The monoisotopic (exact) mass is 1570 g/mol. The van der Waals surface area contributed by atoms with Gasteiger partial charge in [-0.05, 0) is 130 Å². The summed E-state index contributed by atoms with van der Waals surface area (Å²) >= 11 is 5.63. The van der Waals surface area contributed by atoms with E-state index in [2.05, 4.69) is 408 Å². The molecule has 18 aromatic carbocycles. The highest BCUT2D eigenvalue weighted by Crippen LogP contribution is 2.52. The van der Waals surface area contributed by atoms with Gasteiger partial charge in [-0.2, -0.15) is 0 Å². The van der Waals surface area contributed by atoms with Gasteiger partial charge < -0.3 is 27.0 Å². The van der Waals surface area contributed by atoms with E-state index in [1.54, 1.807) is 0 Å². The summed E-state index contributed by atoms with van der Waals surface area (Å²) in [6, 6.07) is 141. The van der Waals surface area contributed by atoms with Gasteiger partial charge in [0, 0.05) is 129 Å². The molecule has 0 aliphatic carbocycles. The van der Waals surface area contributed by atoms with Crippen LogP contribution in [0.5, 0.6) is 0 Å². The van der Waals surface area contributed by atoms with Crippen LogP contribution in [0.25, 0.3) is 243 Å². The Morgan fingerprint density at radius 3 is 1.18 bits per heavy atom. The largest absolute Gasteiger partial charge is 0.455 e. The molecular weight excluding hydrogens is 1510 g/mol. The van der Waals surface area contributed by atoms with Crippen LogP contribution >= 0.6 is 34.0 Å². The summed E-state index contributed by atoms with van der Waals surface area (Å²) in [6.07, 6.45) is 0. The maximum Gasteiger partial charge on any atom is 0.143 e. The van der Waals surface area contributed by atoms with Crippen LogP contribution in [0, 0.1) is 0 Å². The van der Waals surface area contributed by atoms with Gasteiger partial charge in [-0.25, -0.2) is 0 Å². The van der Waals surface area contributed by atoms with Crippen LogP contribution in [-0.4, -0.2) is 13.7 Å². The van der Waals surface area contributed by atoms with Gasteiger partial charge in [-0.15, -0.1) is 34.0 Å². The molecule has 9 aromatic heterocycles. The van der Waals surface area contributed by atoms with Gasteiger partial charge in [0.15, 0.2) is 0 Å². The Balaban J connectivity index is 0.0000000992. The Bertz CT molecular complexity index is 8810. The molecule has 119 heavy (non-hydrogen) atoms. The molecule has 556 valence electrons. The van der Waals surface area contributed by atoms with Gasteiger partial charge in [-0.3, -0.25) is 0 Å². The zero-order valence-corrected chi connectivity index (χ0v) is 66.3. The highest BCUT2D eigenvalue weighted by molar-refractivity contribution is 7.28. The van der Waals surface area contributed by atoms with E-state index in [1.807, 2.05) is 34.0 Å². The van der Waals surface area contributed by atoms with Crippen molar-refractivity contribution < 1.29 is 13.3 Å². The van der Waals surface area contributed by atoms with Crippen LogP contribution in [0.15, 0.2) is 408 Å². The third-order valence-corrected chi connectivity index (χ3v) is 27.8. The lowest BCUT2D eigenvalue weighted by molar-refractivity contribution is 0.670. The first kappa shape index (κ1) is 67.5. The molecule has 9 heteroatoms. The van der Waals surface area contributed by atoms with Crippen LogP contribution in [-0.2, 0) is 0 Å². The second-order valence-corrected chi connectivity index (χ2v) is 33.9. The van der Waals surface area contributed by atoms with E-state index in [4.69, 9.17) is 13.3 Å². The molecule has 0 N–H and O–H groups in total. The summed E-state index contributed by atoms with van der Waals surface area (Å²) in [4.78, 5) is 0. The molecule has 0 atom stereocenters. The van der Waals surface area contributed by atoms with E-state index in [9.17, 15) is 0 Å². The van der Waals surface area contributed by atoms with Crippen molar-refractivity contribution in [1.29, 1.82) is 0 Å².